The van der Waals surface area contributed by atoms with E-state index in [0.29, 0.717) is 17.2 Å². The van der Waals surface area contributed by atoms with Crippen LogP contribution in [0.3, 0.4) is 0 Å². The third-order valence-corrected chi connectivity index (χ3v) is 6.46. The highest BCUT2D eigenvalue weighted by molar-refractivity contribution is 8.14. The van der Waals surface area contributed by atoms with E-state index < -0.39 is 5.25 Å². The Bertz CT molecular complexity index is 1340. The van der Waals surface area contributed by atoms with E-state index in [1.807, 2.05) is 61.5 Å². The van der Waals surface area contributed by atoms with Crippen molar-refractivity contribution in [2.75, 3.05) is 7.05 Å². The van der Waals surface area contributed by atoms with Gasteiger partial charge in [0.15, 0.2) is 6.61 Å². The summed E-state index contributed by atoms with van der Waals surface area (Å²) in [7, 11) is 1.49. The summed E-state index contributed by atoms with van der Waals surface area (Å²) in [5.74, 6) is 1.65. The molecule has 0 bridgehead atoms. The van der Waals surface area contributed by atoms with Crippen LogP contribution >= 0.6 is 11.8 Å². The van der Waals surface area contributed by atoms with Crippen molar-refractivity contribution in [2.24, 2.45) is 0 Å². The van der Waals surface area contributed by atoms with Crippen molar-refractivity contribution in [3.8, 4) is 17.0 Å². The lowest BCUT2D eigenvalue weighted by molar-refractivity contribution is -0.125. The predicted molar refractivity (Wildman–Crippen MR) is 121 cm³/mol. The number of aryl methyl sites for hydroxylation is 1. The van der Waals surface area contributed by atoms with Crippen molar-refractivity contribution in [3.63, 3.8) is 0 Å². The Labute approximate surface area is 188 Å². The number of benzene rings is 2. The van der Waals surface area contributed by atoms with Crippen LogP contribution in [-0.2, 0) is 11.4 Å². The molecular formula is C24H19N3O4S. The minimum atomic E-state index is -0.549. The Kier molecular flexibility index (Phi) is 5.14. The van der Waals surface area contributed by atoms with Gasteiger partial charge in [-0.2, -0.15) is 0 Å². The molecule has 4 aromatic rings. The number of amides is 2. The number of nitrogens with zero attached hydrogens (tertiary/aromatic N) is 3. The Morgan fingerprint density at radius 2 is 1.94 bits per heavy atom. The summed E-state index contributed by atoms with van der Waals surface area (Å²) in [6, 6.07) is 17.3. The zero-order chi connectivity index (χ0) is 22.2. The van der Waals surface area contributed by atoms with Gasteiger partial charge in [0.25, 0.3) is 5.24 Å². The molecule has 0 aliphatic carbocycles. The van der Waals surface area contributed by atoms with E-state index in [0.717, 1.165) is 44.6 Å². The quantitative estimate of drug-likeness (QED) is 0.420. The molecule has 8 heteroatoms. The maximum absolute atomic E-state index is 12.3. The third-order valence-electron chi connectivity index (χ3n) is 5.28. The van der Waals surface area contributed by atoms with E-state index in [4.69, 9.17) is 9.15 Å². The Morgan fingerprint density at radius 1 is 1.12 bits per heavy atom. The van der Waals surface area contributed by atoms with Crippen LogP contribution in [0.5, 0.6) is 5.75 Å². The molecule has 1 saturated heterocycles. The highest BCUT2D eigenvalue weighted by Gasteiger charge is 2.38. The van der Waals surface area contributed by atoms with E-state index in [2.05, 4.69) is 9.97 Å². The molecule has 5 rings (SSSR count). The molecule has 1 aliphatic rings. The second-order valence-electron chi connectivity index (χ2n) is 7.45. The van der Waals surface area contributed by atoms with Gasteiger partial charge in [-0.15, -0.1) is 0 Å². The molecule has 2 amide bonds. The van der Waals surface area contributed by atoms with Gasteiger partial charge in [0, 0.05) is 30.3 Å². The van der Waals surface area contributed by atoms with Gasteiger partial charge in [-0.3, -0.25) is 19.5 Å². The number of thioether (sulfide) groups is 1. The van der Waals surface area contributed by atoms with Crippen LogP contribution in [0.2, 0.25) is 0 Å². The fourth-order valence-corrected chi connectivity index (χ4v) is 4.55. The molecule has 7 nitrogen and oxygen atoms in total. The monoisotopic (exact) mass is 445 g/mol. The van der Waals surface area contributed by atoms with Gasteiger partial charge in [-0.05, 0) is 42.4 Å². The number of hydrogen-bond donors (Lipinski definition) is 0. The van der Waals surface area contributed by atoms with Gasteiger partial charge in [-0.1, -0.05) is 30.3 Å². The molecule has 1 fully saturated rings. The van der Waals surface area contributed by atoms with E-state index >= 15 is 0 Å². The summed E-state index contributed by atoms with van der Waals surface area (Å²) >= 11 is 1.01. The summed E-state index contributed by atoms with van der Waals surface area (Å²) in [5, 5.41) is 0.0667. The number of oxazole rings is 1. The number of ether oxygens (including phenoxy) is 1. The van der Waals surface area contributed by atoms with Gasteiger partial charge in [0.1, 0.15) is 22.5 Å². The first-order valence-electron chi connectivity index (χ1n) is 10.0. The number of imide groups is 1. The Balaban J connectivity index is 1.32. The molecule has 0 N–H and O–H groups in total. The average Bonchev–Trinajstić information content (AvgIpc) is 3.32. The van der Waals surface area contributed by atoms with Crippen molar-refractivity contribution < 1.29 is 18.7 Å². The summed E-state index contributed by atoms with van der Waals surface area (Å²) in [4.78, 5) is 34.2. The molecular weight excluding hydrogens is 426 g/mol. The molecule has 1 unspecified atom stereocenters. The van der Waals surface area contributed by atoms with Crippen LogP contribution in [0.15, 0.2) is 65.2 Å². The van der Waals surface area contributed by atoms with E-state index in [1.165, 1.54) is 7.05 Å². The van der Waals surface area contributed by atoms with Crippen molar-refractivity contribution in [3.05, 3.63) is 78.0 Å². The number of rotatable bonds is 5. The van der Waals surface area contributed by atoms with Gasteiger partial charge >= 0.3 is 0 Å². The third kappa shape index (κ3) is 3.73. The zero-order valence-corrected chi connectivity index (χ0v) is 18.3. The normalized spacial score (nSPS) is 16.2. The number of fused-ring (bicyclic) bond motifs is 1. The number of aromatic nitrogens is 2. The summed E-state index contributed by atoms with van der Waals surface area (Å²) < 4.78 is 11.6. The number of hydrogen-bond acceptors (Lipinski definition) is 7. The van der Waals surface area contributed by atoms with Crippen molar-refractivity contribution in [2.45, 2.75) is 18.8 Å². The molecule has 32 heavy (non-hydrogen) atoms. The molecule has 1 aliphatic heterocycles. The van der Waals surface area contributed by atoms with Gasteiger partial charge in [0.05, 0.1) is 5.52 Å². The van der Waals surface area contributed by atoms with Gasteiger partial charge in [0.2, 0.25) is 11.8 Å². The second-order valence-corrected chi connectivity index (χ2v) is 8.51. The first kappa shape index (κ1) is 20.3. The first-order chi connectivity index (χ1) is 15.5. The Morgan fingerprint density at radius 3 is 2.69 bits per heavy atom. The van der Waals surface area contributed by atoms with E-state index in [1.54, 1.807) is 6.20 Å². The maximum Gasteiger partial charge on any atom is 0.289 e. The average molecular weight is 446 g/mol. The summed E-state index contributed by atoms with van der Waals surface area (Å²) in [5.41, 5.74) is 3.25. The molecule has 0 saturated carbocycles. The van der Waals surface area contributed by atoms with Crippen molar-refractivity contribution in [1.29, 1.82) is 0 Å². The Hall–Kier alpha value is -3.65. The minimum Gasteiger partial charge on any atom is -0.484 e. The molecule has 2 aromatic heterocycles. The zero-order valence-electron chi connectivity index (χ0n) is 17.4. The first-order valence-corrected chi connectivity index (χ1v) is 10.9. The van der Waals surface area contributed by atoms with Crippen LogP contribution in [0.25, 0.3) is 22.2 Å². The topological polar surface area (TPSA) is 85.5 Å². The van der Waals surface area contributed by atoms with Crippen LogP contribution in [0.4, 0.5) is 4.79 Å². The molecule has 160 valence electrons. The van der Waals surface area contributed by atoms with Crippen molar-refractivity contribution >= 4 is 33.8 Å². The predicted octanol–water partition coefficient (Wildman–Crippen LogP) is 5.14. The lowest BCUT2D eigenvalue weighted by Gasteiger charge is -2.09. The molecule has 2 aromatic carbocycles. The standard InChI is InChI=1S/C24H19N3O4S/c1-14-21(15-6-4-3-5-7-15)26-20(31-14)13-30-18-9-8-16-10-17(12-25-19(16)11-18)22-23(28)27(2)24(29)32-22/h3-12,22H,13H2,1-2H3. The van der Waals surface area contributed by atoms with Crippen LogP contribution in [0, 0.1) is 6.92 Å². The number of carbonyl (C=O) groups excluding carboxylic acids is 2. The molecule has 0 radical (unpaired) electrons. The lowest BCUT2D eigenvalue weighted by Crippen LogP contribution is -2.24. The number of likely N-dealkylation sites (N-methyl/N-ethyl adjacent to an activating group) is 1. The van der Waals surface area contributed by atoms with Crippen molar-refractivity contribution in [1.82, 2.24) is 14.9 Å². The SMILES string of the molecule is Cc1oc(COc2ccc3cc(C4SC(=O)N(C)C4=O)cnc3c2)nc1-c1ccccc1. The fraction of sp³-hybridized carbons (Fsp3) is 0.167. The van der Waals surface area contributed by atoms with Crippen LogP contribution in [0.1, 0.15) is 22.5 Å². The second kappa shape index (κ2) is 8.12. The molecule has 1 atom stereocenters. The largest absolute Gasteiger partial charge is 0.484 e. The number of pyridine rings is 1. The summed E-state index contributed by atoms with van der Waals surface area (Å²) in [6.07, 6.45) is 1.64. The highest BCUT2D eigenvalue weighted by Crippen LogP contribution is 2.39. The molecule has 3 heterocycles. The van der Waals surface area contributed by atoms with Crippen LogP contribution < -0.4 is 4.74 Å². The van der Waals surface area contributed by atoms with Gasteiger partial charge in [-0.25, -0.2) is 4.98 Å². The van der Waals surface area contributed by atoms with E-state index in [-0.39, 0.29) is 17.8 Å². The number of carbonyl (C=O) groups is 2. The fourth-order valence-electron chi connectivity index (χ4n) is 3.58. The lowest BCUT2D eigenvalue weighted by atomic mass is 10.1. The van der Waals surface area contributed by atoms with Crippen LogP contribution in [-0.4, -0.2) is 33.1 Å². The minimum absolute atomic E-state index is 0.193. The van der Waals surface area contributed by atoms with Gasteiger partial charge < -0.3 is 9.15 Å². The summed E-state index contributed by atoms with van der Waals surface area (Å²) in [6.45, 7) is 2.08. The molecule has 0 spiro atoms. The maximum atomic E-state index is 12.3. The highest BCUT2D eigenvalue weighted by atomic mass is 32.2. The van der Waals surface area contributed by atoms with E-state index in [9.17, 15) is 9.59 Å². The smallest absolute Gasteiger partial charge is 0.289 e.